The van der Waals surface area contributed by atoms with Crippen LogP contribution in [0.3, 0.4) is 0 Å². The van der Waals surface area contributed by atoms with Crippen molar-refractivity contribution in [3.8, 4) is 0 Å². The molecule has 122 valence electrons. The van der Waals surface area contributed by atoms with Crippen LogP contribution in [0.2, 0.25) is 0 Å². The molecular weight excluding hydrogens is 272 g/mol. The summed E-state index contributed by atoms with van der Waals surface area (Å²) in [5.74, 6) is 1.35. The number of piperidine rings is 1. The molecule has 2 rings (SSSR count). The quantitative estimate of drug-likeness (QED) is 0.876. The molecule has 0 spiro atoms. The molecule has 1 aromatic rings. The smallest absolute Gasteiger partial charge is 0.220 e. The summed E-state index contributed by atoms with van der Waals surface area (Å²) in [7, 11) is 0. The summed E-state index contributed by atoms with van der Waals surface area (Å²) in [4.78, 5) is 12.2. The molecule has 0 aliphatic carbocycles. The maximum Gasteiger partial charge on any atom is 0.220 e. The van der Waals surface area contributed by atoms with Crippen LogP contribution in [-0.2, 0) is 11.3 Å². The lowest BCUT2D eigenvalue weighted by molar-refractivity contribution is -0.122. The van der Waals surface area contributed by atoms with Gasteiger partial charge in [0.25, 0.3) is 0 Å². The summed E-state index contributed by atoms with van der Waals surface area (Å²) in [5.41, 5.74) is 5.08. The second-order valence-electron chi connectivity index (χ2n) is 6.92. The lowest BCUT2D eigenvalue weighted by atomic mass is 9.84. The van der Waals surface area contributed by atoms with Gasteiger partial charge in [0.1, 0.15) is 0 Å². The zero-order chi connectivity index (χ0) is 16.1. The molecule has 0 radical (unpaired) electrons. The Balaban J connectivity index is 1.85. The summed E-state index contributed by atoms with van der Waals surface area (Å²) in [6, 6.07) is 4.37. The second-order valence-corrected chi connectivity index (χ2v) is 6.92. The van der Waals surface area contributed by atoms with Gasteiger partial charge in [0, 0.05) is 13.0 Å². The predicted octanol–water partition coefficient (Wildman–Crippen LogP) is 3.25. The number of carbonyl (C=O) groups excluding carboxylic acids is 1. The van der Waals surface area contributed by atoms with E-state index in [1.807, 2.05) is 0 Å². The number of hydrogen-bond acceptors (Lipinski definition) is 2. The third kappa shape index (κ3) is 4.57. The fourth-order valence-electron chi connectivity index (χ4n) is 3.62. The van der Waals surface area contributed by atoms with E-state index in [1.165, 1.54) is 35.1 Å². The topological polar surface area (TPSA) is 41.1 Å². The van der Waals surface area contributed by atoms with E-state index in [4.69, 9.17) is 0 Å². The average Bonchev–Trinajstić information content (AvgIpc) is 2.47. The summed E-state index contributed by atoms with van der Waals surface area (Å²) < 4.78 is 0. The minimum Gasteiger partial charge on any atom is -0.352 e. The van der Waals surface area contributed by atoms with Crippen molar-refractivity contribution in [3.05, 3.63) is 34.4 Å². The van der Waals surface area contributed by atoms with Crippen LogP contribution in [0.1, 0.15) is 48.4 Å². The Morgan fingerprint density at radius 2 is 1.82 bits per heavy atom. The van der Waals surface area contributed by atoms with Crippen LogP contribution in [0.25, 0.3) is 0 Å². The van der Waals surface area contributed by atoms with Crippen molar-refractivity contribution < 1.29 is 4.79 Å². The molecule has 1 aliphatic heterocycles. The van der Waals surface area contributed by atoms with Crippen molar-refractivity contribution >= 4 is 5.91 Å². The van der Waals surface area contributed by atoms with E-state index in [9.17, 15) is 4.79 Å². The Morgan fingerprint density at radius 1 is 1.23 bits per heavy atom. The van der Waals surface area contributed by atoms with Crippen LogP contribution in [-0.4, -0.2) is 19.0 Å². The SMILES string of the molecule is Cc1cc(C)c(CNC(=O)CC(C)C2CCNCC2)c(C)c1. The number of amides is 1. The van der Waals surface area contributed by atoms with Gasteiger partial charge in [0.15, 0.2) is 0 Å². The van der Waals surface area contributed by atoms with Crippen LogP contribution >= 0.6 is 0 Å². The Kier molecular flexibility index (Phi) is 6.01. The molecule has 1 saturated heterocycles. The zero-order valence-corrected chi connectivity index (χ0v) is 14.5. The van der Waals surface area contributed by atoms with Crippen LogP contribution in [0, 0.1) is 32.6 Å². The van der Waals surface area contributed by atoms with Crippen molar-refractivity contribution in [2.75, 3.05) is 13.1 Å². The number of nitrogens with one attached hydrogen (secondary N) is 2. The van der Waals surface area contributed by atoms with E-state index in [-0.39, 0.29) is 5.91 Å². The number of benzene rings is 1. The summed E-state index contributed by atoms with van der Waals surface area (Å²) in [5, 5.41) is 6.50. The molecule has 1 aliphatic rings. The first kappa shape index (κ1) is 17.0. The standard InChI is InChI=1S/C19H30N2O/c1-13-9-15(3)18(16(4)10-13)12-21-19(22)11-14(2)17-5-7-20-8-6-17/h9-10,14,17,20H,5-8,11-12H2,1-4H3,(H,21,22). The van der Waals surface area contributed by atoms with Gasteiger partial charge in [0.05, 0.1) is 0 Å². The molecular formula is C19H30N2O. The van der Waals surface area contributed by atoms with Gasteiger partial charge in [-0.15, -0.1) is 0 Å². The first-order valence-electron chi connectivity index (χ1n) is 8.51. The number of carbonyl (C=O) groups is 1. The maximum atomic E-state index is 12.2. The molecule has 3 heteroatoms. The Bertz CT molecular complexity index is 495. The number of rotatable bonds is 5. The highest BCUT2D eigenvalue weighted by molar-refractivity contribution is 5.76. The van der Waals surface area contributed by atoms with Gasteiger partial charge in [-0.1, -0.05) is 24.6 Å². The minimum atomic E-state index is 0.186. The fourth-order valence-corrected chi connectivity index (χ4v) is 3.62. The third-order valence-corrected chi connectivity index (χ3v) is 5.00. The zero-order valence-electron chi connectivity index (χ0n) is 14.5. The van der Waals surface area contributed by atoms with Gasteiger partial charge < -0.3 is 10.6 Å². The van der Waals surface area contributed by atoms with E-state index in [2.05, 4.69) is 50.5 Å². The minimum absolute atomic E-state index is 0.186. The molecule has 22 heavy (non-hydrogen) atoms. The van der Waals surface area contributed by atoms with Crippen molar-refractivity contribution in [1.29, 1.82) is 0 Å². The highest BCUT2D eigenvalue weighted by atomic mass is 16.1. The monoisotopic (exact) mass is 302 g/mol. The van der Waals surface area contributed by atoms with Crippen LogP contribution in [0.15, 0.2) is 12.1 Å². The van der Waals surface area contributed by atoms with E-state index in [1.54, 1.807) is 0 Å². The first-order chi connectivity index (χ1) is 10.5. The van der Waals surface area contributed by atoms with Gasteiger partial charge in [-0.25, -0.2) is 0 Å². The molecule has 1 fully saturated rings. The number of aryl methyl sites for hydroxylation is 3. The molecule has 0 aromatic heterocycles. The molecule has 1 aromatic carbocycles. The van der Waals surface area contributed by atoms with Gasteiger partial charge in [-0.3, -0.25) is 4.79 Å². The lowest BCUT2D eigenvalue weighted by Crippen LogP contribution is -2.33. The van der Waals surface area contributed by atoms with Crippen molar-refractivity contribution in [2.45, 2.75) is 53.5 Å². The normalized spacial score (nSPS) is 17.3. The Morgan fingerprint density at radius 3 is 2.41 bits per heavy atom. The molecule has 0 saturated carbocycles. The van der Waals surface area contributed by atoms with Crippen molar-refractivity contribution in [3.63, 3.8) is 0 Å². The highest BCUT2D eigenvalue weighted by Gasteiger charge is 2.21. The third-order valence-electron chi connectivity index (χ3n) is 5.00. The molecule has 2 N–H and O–H groups in total. The Hall–Kier alpha value is -1.35. The van der Waals surface area contributed by atoms with Crippen molar-refractivity contribution in [2.24, 2.45) is 11.8 Å². The van der Waals surface area contributed by atoms with Crippen LogP contribution in [0.5, 0.6) is 0 Å². The second kappa shape index (κ2) is 7.77. The van der Waals surface area contributed by atoms with Crippen LogP contribution in [0.4, 0.5) is 0 Å². The summed E-state index contributed by atoms with van der Waals surface area (Å²) in [6.07, 6.45) is 3.05. The van der Waals surface area contributed by atoms with E-state index in [0.29, 0.717) is 24.8 Å². The highest BCUT2D eigenvalue weighted by Crippen LogP contribution is 2.24. The van der Waals surface area contributed by atoms with E-state index in [0.717, 1.165) is 13.1 Å². The maximum absolute atomic E-state index is 12.2. The van der Waals surface area contributed by atoms with Gasteiger partial charge in [0.2, 0.25) is 5.91 Å². The van der Waals surface area contributed by atoms with Gasteiger partial charge in [-0.2, -0.15) is 0 Å². The van der Waals surface area contributed by atoms with Gasteiger partial charge in [-0.05, 0) is 75.2 Å². The molecule has 1 unspecified atom stereocenters. The average molecular weight is 302 g/mol. The molecule has 0 bridgehead atoms. The molecule has 1 amide bonds. The molecule has 3 nitrogen and oxygen atoms in total. The Labute approximate surface area is 134 Å². The molecule has 1 atom stereocenters. The van der Waals surface area contributed by atoms with Gasteiger partial charge >= 0.3 is 0 Å². The van der Waals surface area contributed by atoms with E-state index >= 15 is 0 Å². The van der Waals surface area contributed by atoms with Crippen LogP contribution < -0.4 is 10.6 Å². The predicted molar refractivity (Wildman–Crippen MR) is 91.9 cm³/mol. The molecule has 1 heterocycles. The number of hydrogen-bond donors (Lipinski definition) is 2. The van der Waals surface area contributed by atoms with Crippen molar-refractivity contribution in [1.82, 2.24) is 10.6 Å². The van der Waals surface area contributed by atoms with E-state index < -0.39 is 0 Å². The fraction of sp³-hybridized carbons (Fsp3) is 0.632. The lowest BCUT2D eigenvalue weighted by Gasteiger charge is -2.28. The largest absolute Gasteiger partial charge is 0.352 e. The summed E-state index contributed by atoms with van der Waals surface area (Å²) >= 11 is 0. The summed E-state index contributed by atoms with van der Waals surface area (Å²) in [6.45, 7) is 11.4. The first-order valence-corrected chi connectivity index (χ1v) is 8.51.